The predicted molar refractivity (Wildman–Crippen MR) is 98.2 cm³/mol. The number of thiazole rings is 1. The maximum Gasteiger partial charge on any atom is 0.246 e. The number of halogens is 1. The highest BCUT2D eigenvalue weighted by atomic mass is 79.9. The lowest BCUT2D eigenvalue weighted by Crippen LogP contribution is -2.19. The molecule has 2 aromatic rings. The first-order valence-electron chi connectivity index (χ1n) is 7.26. The van der Waals surface area contributed by atoms with Crippen molar-refractivity contribution in [3.63, 3.8) is 0 Å². The van der Waals surface area contributed by atoms with Crippen LogP contribution >= 0.6 is 27.3 Å². The topological polar surface area (TPSA) is 72.8 Å². The number of rotatable bonds is 7. The second-order valence-corrected chi connectivity index (χ2v) is 6.71. The number of carbonyl (C=O) groups excluding carboxylic acids is 1. The van der Waals surface area contributed by atoms with E-state index >= 15 is 0 Å². The number of carbonyl (C=O) groups is 1. The normalized spacial score (nSPS) is 10.8. The molecule has 0 spiro atoms. The summed E-state index contributed by atoms with van der Waals surface area (Å²) in [6.45, 7) is 4.32. The maximum absolute atomic E-state index is 11.8. The lowest BCUT2D eigenvalue weighted by Gasteiger charge is -2.11. The third-order valence-electron chi connectivity index (χ3n) is 2.95. The van der Waals surface area contributed by atoms with Crippen molar-refractivity contribution in [3.05, 3.63) is 38.3 Å². The summed E-state index contributed by atoms with van der Waals surface area (Å²) in [7, 11) is 1.58. The number of ether oxygens (including phenoxy) is 2. The Morgan fingerprint density at radius 1 is 1.50 bits per heavy atom. The molecular weight excluding hydrogens is 394 g/mol. The molecule has 0 fully saturated rings. The Labute approximate surface area is 153 Å². The van der Waals surface area contributed by atoms with Crippen LogP contribution in [0.4, 0.5) is 0 Å². The second kappa shape index (κ2) is 8.79. The minimum absolute atomic E-state index is 0.207. The Bertz CT molecular complexity index is 746. The largest absolute Gasteiger partial charge is 0.492 e. The Morgan fingerprint density at radius 3 is 2.92 bits per heavy atom. The van der Waals surface area contributed by atoms with Gasteiger partial charge in [-0.3, -0.25) is 4.79 Å². The third kappa shape index (κ3) is 5.04. The highest BCUT2D eigenvalue weighted by Gasteiger charge is 2.10. The summed E-state index contributed by atoms with van der Waals surface area (Å²) in [5, 5.41) is 6.78. The van der Waals surface area contributed by atoms with Crippen LogP contribution in [0.1, 0.15) is 23.2 Å². The highest BCUT2D eigenvalue weighted by molar-refractivity contribution is 9.10. The van der Waals surface area contributed by atoms with Crippen LogP contribution in [0.5, 0.6) is 11.5 Å². The van der Waals surface area contributed by atoms with E-state index in [-0.39, 0.29) is 12.3 Å². The number of nitrogens with one attached hydrogen (secondary N) is 1. The molecule has 1 aromatic carbocycles. The monoisotopic (exact) mass is 411 g/mol. The molecule has 0 saturated carbocycles. The van der Waals surface area contributed by atoms with E-state index in [1.807, 2.05) is 25.3 Å². The van der Waals surface area contributed by atoms with E-state index in [1.165, 1.54) is 11.3 Å². The molecule has 0 aliphatic carbocycles. The summed E-state index contributed by atoms with van der Waals surface area (Å²) >= 11 is 4.95. The Kier molecular flexibility index (Phi) is 6.74. The predicted octanol–water partition coefficient (Wildman–Crippen LogP) is 3.31. The molecule has 0 atom stereocenters. The molecule has 0 saturated heterocycles. The zero-order chi connectivity index (χ0) is 17.5. The summed E-state index contributed by atoms with van der Waals surface area (Å²) in [6, 6.07) is 3.63. The highest BCUT2D eigenvalue weighted by Crippen LogP contribution is 2.36. The zero-order valence-electron chi connectivity index (χ0n) is 13.6. The molecule has 2 rings (SSSR count). The second-order valence-electron chi connectivity index (χ2n) is 4.79. The van der Waals surface area contributed by atoms with Crippen LogP contribution in [0, 0.1) is 6.92 Å². The fraction of sp³-hybridized carbons (Fsp3) is 0.312. The molecule has 1 N–H and O–H groups in total. The molecule has 0 aliphatic rings. The van der Waals surface area contributed by atoms with Crippen molar-refractivity contribution in [2.45, 2.75) is 20.3 Å². The van der Waals surface area contributed by atoms with Crippen LogP contribution in [0.3, 0.4) is 0 Å². The van der Waals surface area contributed by atoms with Gasteiger partial charge in [0.1, 0.15) is 0 Å². The van der Waals surface area contributed by atoms with Crippen molar-refractivity contribution in [1.82, 2.24) is 10.4 Å². The number of aromatic nitrogens is 1. The van der Waals surface area contributed by atoms with Crippen LogP contribution in [-0.4, -0.2) is 30.8 Å². The van der Waals surface area contributed by atoms with E-state index in [2.05, 4.69) is 31.4 Å². The van der Waals surface area contributed by atoms with Gasteiger partial charge in [0.25, 0.3) is 0 Å². The van der Waals surface area contributed by atoms with Gasteiger partial charge in [0, 0.05) is 5.38 Å². The van der Waals surface area contributed by atoms with Gasteiger partial charge in [0.15, 0.2) is 11.5 Å². The first kappa shape index (κ1) is 18.4. The van der Waals surface area contributed by atoms with Gasteiger partial charge in [0.05, 0.1) is 41.5 Å². The number of aryl methyl sites for hydroxylation is 1. The molecule has 128 valence electrons. The van der Waals surface area contributed by atoms with Gasteiger partial charge in [-0.05, 0) is 47.5 Å². The number of hydrazone groups is 1. The van der Waals surface area contributed by atoms with Gasteiger partial charge in [-0.25, -0.2) is 10.4 Å². The van der Waals surface area contributed by atoms with Crippen LogP contribution in [0.25, 0.3) is 0 Å². The Balaban J connectivity index is 2.01. The smallest absolute Gasteiger partial charge is 0.246 e. The first-order valence-corrected chi connectivity index (χ1v) is 8.94. The molecule has 0 aliphatic heterocycles. The molecule has 0 radical (unpaired) electrons. The van der Waals surface area contributed by atoms with E-state index in [0.29, 0.717) is 18.1 Å². The van der Waals surface area contributed by atoms with Crippen molar-refractivity contribution >= 4 is 39.4 Å². The van der Waals surface area contributed by atoms with Crippen molar-refractivity contribution in [3.8, 4) is 11.5 Å². The number of methoxy groups -OCH3 is 1. The summed E-state index contributed by atoms with van der Waals surface area (Å²) < 4.78 is 11.6. The first-order chi connectivity index (χ1) is 11.5. The van der Waals surface area contributed by atoms with Crippen LogP contribution in [0.2, 0.25) is 0 Å². The Morgan fingerprint density at radius 2 is 2.29 bits per heavy atom. The van der Waals surface area contributed by atoms with Crippen molar-refractivity contribution in [2.75, 3.05) is 13.7 Å². The molecule has 1 heterocycles. The average molecular weight is 412 g/mol. The quantitative estimate of drug-likeness (QED) is 0.560. The number of amides is 1. The van der Waals surface area contributed by atoms with Gasteiger partial charge in [-0.1, -0.05) is 0 Å². The lowest BCUT2D eigenvalue weighted by molar-refractivity contribution is -0.120. The SMILES string of the molecule is CCOc1cc(/C=N\NC(=O)Cc2csc(C)n2)cc(Br)c1OC. The lowest BCUT2D eigenvalue weighted by atomic mass is 10.2. The number of nitrogens with zero attached hydrogens (tertiary/aromatic N) is 2. The van der Waals surface area contributed by atoms with Gasteiger partial charge >= 0.3 is 0 Å². The minimum atomic E-state index is -0.214. The molecule has 1 aromatic heterocycles. The number of benzene rings is 1. The van der Waals surface area contributed by atoms with Crippen molar-refractivity contribution in [1.29, 1.82) is 0 Å². The molecule has 1 amide bonds. The molecular formula is C16H18BrN3O3S. The molecule has 0 bridgehead atoms. The standard InChI is InChI=1S/C16H18BrN3O3S/c1-4-23-14-6-11(5-13(17)16(14)22-3)8-18-20-15(21)7-12-9-24-10(2)19-12/h5-6,8-9H,4,7H2,1-3H3,(H,20,21)/b18-8-. The average Bonchev–Trinajstić information content (AvgIpc) is 2.92. The summed E-state index contributed by atoms with van der Waals surface area (Å²) in [5.41, 5.74) is 4.02. The zero-order valence-corrected chi connectivity index (χ0v) is 16.0. The summed E-state index contributed by atoms with van der Waals surface area (Å²) in [5.74, 6) is 1.02. The van der Waals surface area contributed by atoms with Gasteiger partial charge in [-0.15, -0.1) is 11.3 Å². The van der Waals surface area contributed by atoms with Crippen LogP contribution in [-0.2, 0) is 11.2 Å². The third-order valence-corrected chi connectivity index (χ3v) is 4.36. The van der Waals surface area contributed by atoms with E-state index in [9.17, 15) is 4.79 Å². The maximum atomic E-state index is 11.8. The summed E-state index contributed by atoms with van der Waals surface area (Å²) in [6.07, 6.45) is 1.76. The van der Waals surface area contributed by atoms with E-state index in [0.717, 1.165) is 20.7 Å². The van der Waals surface area contributed by atoms with Crippen LogP contribution < -0.4 is 14.9 Å². The molecule has 6 nitrogen and oxygen atoms in total. The van der Waals surface area contributed by atoms with Crippen LogP contribution in [0.15, 0.2) is 27.1 Å². The van der Waals surface area contributed by atoms with Crippen molar-refractivity contribution in [2.24, 2.45) is 5.10 Å². The number of hydrogen-bond donors (Lipinski definition) is 1. The van der Waals surface area contributed by atoms with E-state index in [1.54, 1.807) is 19.4 Å². The molecule has 24 heavy (non-hydrogen) atoms. The fourth-order valence-corrected chi connectivity index (χ4v) is 3.23. The summed E-state index contributed by atoms with van der Waals surface area (Å²) in [4.78, 5) is 16.1. The van der Waals surface area contributed by atoms with E-state index in [4.69, 9.17) is 9.47 Å². The van der Waals surface area contributed by atoms with Gasteiger partial charge in [0.2, 0.25) is 5.91 Å². The minimum Gasteiger partial charge on any atom is -0.492 e. The Hall–Kier alpha value is -1.93. The number of hydrogen-bond acceptors (Lipinski definition) is 6. The molecule has 8 heteroatoms. The molecule has 0 unspecified atom stereocenters. The fourth-order valence-electron chi connectivity index (χ4n) is 2.00. The van der Waals surface area contributed by atoms with E-state index < -0.39 is 0 Å². The van der Waals surface area contributed by atoms with Gasteiger partial charge in [-0.2, -0.15) is 5.10 Å². The van der Waals surface area contributed by atoms with Gasteiger partial charge < -0.3 is 9.47 Å². The van der Waals surface area contributed by atoms with Crippen molar-refractivity contribution < 1.29 is 14.3 Å².